The van der Waals surface area contributed by atoms with Gasteiger partial charge in [0.2, 0.25) is 5.91 Å². The van der Waals surface area contributed by atoms with Crippen molar-refractivity contribution >= 4 is 11.9 Å². The second-order valence-corrected chi connectivity index (χ2v) is 3.29. The van der Waals surface area contributed by atoms with E-state index in [0.29, 0.717) is 0 Å². The van der Waals surface area contributed by atoms with Gasteiger partial charge in [0, 0.05) is 6.04 Å². The number of aliphatic carboxylic acids is 1. The highest BCUT2D eigenvalue weighted by molar-refractivity contribution is 5.79. The minimum atomic E-state index is -0.931. The summed E-state index contributed by atoms with van der Waals surface area (Å²) in [4.78, 5) is 22.8. The highest BCUT2D eigenvalue weighted by Crippen LogP contribution is 1.83. The molecule has 2 N–H and O–H groups in total. The van der Waals surface area contributed by atoms with Crippen LogP contribution in [0.1, 0.15) is 13.8 Å². The average molecular weight is 188 g/mol. The zero-order valence-corrected chi connectivity index (χ0v) is 8.20. The van der Waals surface area contributed by atoms with E-state index >= 15 is 0 Å². The number of carboxylic acids is 1. The summed E-state index contributed by atoms with van der Waals surface area (Å²) in [6, 6.07) is 0.0886. The monoisotopic (exact) mass is 188 g/mol. The van der Waals surface area contributed by atoms with Gasteiger partial charge in [-0.2, -0.15) is 0 Å². The summed E-state index contributed by atoms with van der Waals surface area (Å²) in [6.07, 6.45) is 0. The first-order chi connectivity index (χ1) is 5.91. The van der Waals surface area contributed by atoms with Gasteiger partial charge in [0.05, 0.1) is 13.1 Å². The van der Waals surface area contributed by atoms with Gasteiger partial charge in [-0.15, -0.1) is 0 Å². The molecule has 0 rings (SSSR count). The number of carbonyl (C=O) groups excluding carboxylic acids is 1. The van der Waals surface area contributed by atoms with Crippen molar-refractivity contribution in [3.05, 3.63) is 0 Å². The predicted molar refractivity (Wildman–Crippen MR) is 48.4 cm³/mol. The molecule has 0 aromatic heterocycles. The molecule has 13 heavy (non-hydrogen) atoms. The van der Waals surface area contributed by atoms with Gasteiger partial charge in [0.25, 0.3) is 0 Å². The molecule has 5 heteroatoms. The van der Waals surface area contributed by atoms with Gasteiger partial charge in [-0.1, -0.05) is 0 Å². The summed E-state index contributed by atoms with van der Waals surface area (Å²) in [7, 11) is 1.59. The molecule has 0 aromatic rings. The van der Waals surface area contributed by atoms with Gasteiger partial charge in [-0.25, -0.2) is 0 Å². The first kappa shape index (κ1) is 11.9. The Hall–Kier alpha value is -1.10. The van der Waals surface area contributed by atoms with E-state index in [-0.39, 0.29) is 25.0 Å². The van der Waals surface area contributed by atoms with Crippen molar-refractivity contribution in [1.29, 1.82) is 0 Å². The molecule has 0 aliphatic rings. The van der Waals surface area contributed by atoms with Crippen LogP contribution in [0.3, 0.4) is 0 Å². The molecule has 0 aliphatic carbocycles. The smallest absolute Gasteiger partial charge is 0.317 e. The van der Waals surface area contributed by atoms with E-state index in [1.165, 1.54) is 4.90 Å². The second-order valence-electron chi connectivity index (χ2n) is 3.29. The lowest BCUT2D eigenvalue weighted by molar-refractivity contribution is -0.138. The number of hydrogen-bond acceptors (Lipinski definition) is 3. The van der Waals surface area contributed by atoms with E-state index in [2.05, 4.69) is 5.32 Å². The minimum Gasteiger partial charge on any atom is -0.480 e. The molecule has 0 bridgehead atoms. The highest BCUT2D eigenvalue weighted by Gasteiger charge is 2.09. The van der Waals surface area contributed by atoms with Crippen LogP contribution in [0.25, 0.3) is 0 Å². The van der Waals surface area contributed by atoms with Gasteiger partial charge in [0.15, 0.2) is 0 Å². The van der Waals surface area contributed by atoms with Crippen LogP contribution in [0.5, 0.6) is 0 Å². The lowest BCUT2D eigenvalue weighted by Crippen LogP contribution is -2.40. The number of hydrogen-bond donors (Lipinski definition) is 2. The lowest BCUT2D eigenvalue weighted by atomic mass is 10.4. The number of amides is 1. The number of likely N-dealkylation sites (N-methyl/N-ethyl adjacent to an activating group) is 1. The third kappa shape index (κ3) is 7.27. The Labute approximate surface area is 77.7 Å². The Morgan fingerprint density at radius 1 is 1.38 bits per heavy atom. The zero-order chi connectivity index (χ0) is 10.4. The van der Waals surface area contributed by atoms with E-state index in [1.54, 1.807) is 7.05 Å². The molecule has 0 aromatic carbocycles. The van der Waals surface area contributed by atoms with E-state index in [9.17, 15) is 9.59 Å². The zero-order valence-electron chi connectivity index (χ0n) is 8.20. The molecule has 0 unspecified atom stereocenters. The van der Waals surface area contributed by atoms with Crippen LogP contribution in [0.15, 0.2) is 0 Å². The fourth-order valence-corrected chi connectivity index (χ4v) is 0.900. The maximum atomic E-state index is 11.1. The van der Waals surface area contributed by atoms with Crippen molar-refractivity contribution in [1.82, 2.24) is 10.2 Å². The average Bonchev–Trinajstić information content (AvgIpc) is 1.80. The van der Waals surface area contributed by atoms with Crippen LogP contribution >= 0.6 is 0 Å². The summed E-state index contributed by atoms with van der Waals surface area (Å²) in [5.41, 5.74) is 0. The molecule has 1 amide bonds. The topological polar surface area (TPSA) is 69.6 Å². The van der Waals surface area contributed by atoms with Gasteiger partial charge in [-0.05, 0) is 20.9 Å². The molecule has 0 heterocycles. The van der Waals surface area contributed by atoms with Crippen LogP contribution in [-0.4, -0.2) is 48.1 Å². The number of rotatable bonds is 5. The second kappa shape index (κ2) is 5.53. The predicted octanol–water partition coefficient (Wildman–Crippen LogP) is -0.473. The van der Waals surface area contributed by atoms with Crippen molar-refractivity contribution in [3.63, 3.8) is 0 Å². The molecule has 5 nitrogen and oxygen atoms in total. The number of nitrogens with one attached hydrogen (secondary N) is 1. The Kier molecular flexibility index (Phi) is 5.06. The van der Waals surface area contributed by atoms with E-state index in [1.807, 2.05) is 13.8 Å². The quantitative estimate of drug-likeness (QED) is 0.612. The summed E-state index contributed by atoms with van der Waals surface area (Å²) in [6.45, 7) is 3.71. The van der Waals surface area contributed by atoms with Crippen molar-refractivity contribution in [3.8, 4) is 0 Å². The van der Waals surface area contributed by atoms with Crippen molar-refractivity contribution in [2.24, 2.45) is 0 Å². The molecule has 0 radical (unpaired) electrons. The van der Waals surface area contributed by atoms with Crippen molar-refractivity contribution < 1.29 is 14.7 Å². The fourth-order valence-electron chi connectivity index (χ4n) is 0.900. The summed E-state index contributed by atoms with van der Waals surface area (Å²) < 4.78 is 0. The Morgan fingerprint density at radius 3 is 2.31 bits per heavy atom. The largest absolute Gasteiger partial charge is 0.480 e. The minimum absolute atomic E-state index is 0.0886. The molecular weight excluding hydrogens is 172 g/mol. The van der Waals surface area contributed by atoms with Gasteiger partial charge >= 0.3 is 5.97 Å². The van der Waals surface area contributed by atoms with Crippen molar-refractivity contribution in [2.45, 2.75) is 19.9 Å². The third-order valence-corrected chi connectivity index (χ3v) is 1.27. The van der Waals surface area contributed by atoms with Crippen molar-refractivity contribution in [2.75, 3.05) is 20.1 Å². The van der Waals surface area contributed by atoms with Crippen LogP contribution in [-0.2, 0) is 9.59 Å². The third-order valence-electron chi connectivity index (χ3n) is 1.27. The first-order valence-corrected chi connectivity index (χ1v) is 4.11. The number of carbonyl (C=O) groups is 2. The molecule has 0 saturated carbocycles. The number of nitrogens with zero attached hydrogens (tertiary/aromatic N) is 1. The fraction of sp³-hybridized carbons (Fsp3) is 0.750. The summed E-state index contributed by atoms with van der Waals surface area (Å²) in [5.74, 6) is -1.08. The molecule has 0 fully saturated rings. The Balaban J connectivity index is 3.71. The first-order valence-electron chi connectivity index (χ1n) is 4.11. The molecule has 0 spiro atoms. The lowest BCUT2D eigenvalue weighted by Gasteiger charge is -2.14. The van der Waals surface area contributed by atoms with Gasteiger partial charge in [0.1, 0.15) is 0 Å². The van der Waals surface area contributed by atoms with Crippen LogP contribution in [0.2, 0.25) is 0 Å². The molecular formula is C8H16N2O3. The summed E-state index contributed by atoms with van der Waals surface area (Å²) >= 11 is 0. The maximum absolute atomic E-state index is 11.1. The Morgan fingerprint density at radius 2 is 1.92 bits per heavy atom. The molecule has 76 valence electrons. The maximum Gasteiger partial charge on any atom is 0.317 e. The number of carboxylic acid groups (broad SMARTS) is 1. The SMILES string of the molecule is CC(C)NC(=O)CN(C)CC(=O)O. The van der Waals surface area contributed by atoms with Crippen LogP contribution in [0, 0.1) is 0 Å². The normalized spacial score (nSPS) is 10.5. The molecule has 0 saturated heterocycles. The molecule has 0 aliphatic heterocycles. The van der Waals surface area contributed by atoms with Crippen LogP contribution in [0.4, 0.5) is 0 Å². The van der Waals surface area contributed by atoms with Gasteiger partial charge < -0.3 is 10.4 Å². The Bertz CT molecular complexity index is 192. The van der Waals surface area contributed by atoms with E-state index in [4.69, 9.17) is 5.11 Å². The summed E-state index contributed by atoms with van der Waals surface area (Å²) in [5, 5.41) is 11.1. The van der Waals surface area contributed by atoms with Crippen LogP contribution < -0.4 is 5.32 Å². The van der Waals surface area contributed by atoms with Gasteiger partial charge in [-0.3, -0.25) is 14.5 Å². The van der Waals surface area contributed by atoms with E-state index in [0.717, 1.165) is 0 Å². The highest BCUT2D eigenvalue weighted by atomic mass is 16.4. The standard InChI is InChI=1S/C8H16N2O3/c1-6(2)9-7(11)4-10(3)5-8(12)13/h6H,4-5H2,1-3H3,(H,9,11)(H,12,13). The molecule has 0 atom stereocenters. The van der Waals surface area contributed by atoms with E-state index < -0.39 is 5.97 Å².